The van der Waals surface area contributed by atoms with Crippen LogP contribution in [0.3, 0.4) is 0 Å². The predicted octanol–water partition coefficient (Wildman–Crippen LogP) is 4.49. The zero-order valence-corrected chi connectivity index (χ0v) is 22.5. The van der Waals surface area contributed by atoms with Gasteiger partial charge in [-0.05, 0) is 40.3 Å². The predicted molar refractivity (Wildman–Crippen MR) is 149 cm³/mol. The van der Waals surface area contributed by atoms with Crippen LogP contribution in [0.1, 0.15) is 37.3 Å². The molecule has 3 aromatic carbocycles. The Hall–Kier alpha value is -4.11. The van der Waals surface area contributed by atoms with Crippen LogP contribution in [0.4, 0.5) is 4.79 Å². The van der Waals surface area contributed by atoms with Gasteiger partial charge in [-0.3, -0.25) is 14.4 Å². The van der Waals surface area contributed by atoms with Crippen molar-refractivity contribution >= 4 is 35.7 Å². The van der Waals surface area contributed by atoms with Crippen molar-refractivity contribution in [2.45, 2.75) is 38.3 Å². The van der Waals surface area contributed by atoms with E-state index in [0.29, 0.717) is 5.75 Å². The molecule has 2 N–H and O–H groups in total. The van der Waals surface area contributed by atoms with Gasteiger partial charge in [-0.15, -0.1) is 12.6 Å². The number of thiol groups is 1. The van der Waals surface area contributed by atoms with E-state index in [1.54, 1.807) is 44.2 Å². The third kappa shape index (κ3) is 6.86. The highest BCUT2D eigenvalue weighted by molar-refractivity contribution is 7.96. The Kier molecular flexibility index (Phi) is 9.03. The molecule has 0 bridgehead atoms. The van der Waals surface area contributed by atoms with Gasteiger partial charge in [0.15, 0.2) is 0 Å². The van der Waals surface area contributed by atoms with Crippen molar-refractivity contribution in [2.24, 2.45) is 5.92 Å². The van der Waals surface area contributed by atoms with Gasteiger partial charge in [0.25, 0.3) is 0 Å². The fourth-order valence-electron chi connectivity index (χ4n) is 4.59. The summed E-state index contributed by atoms with van der Waals surface area (Å²) in [6, 6.07) is 22.0. The van der Waals surface area contributed by atoms with Crippen molar-refractivity contribution in [1.29, 1.82) is 0 Å². The van der Waals surface area contributed by atoms with Crippen LogP contribution in [0.15, 0.2) is 78.9 Å². The summed E-state index contributed by atoms with van der Waals surface area (Å²) < 4.78 is 10.9. The third-order valence-corrected chi connectivity index (χ3v) is 6.81. The van der Waals surface area contributed by atoms with Crippen molar-refractivity contribution in [3.63, 3.8) is 0 Å². The number of hydrogen-bond donors (Lipinski definition) is 3. The first-order chi connectivity index (χ1) is 18.7. The van der Waals surface area contributed by atoms with Gasteiger partial charge >= 0.3 is 12.1 Å². The van der Waals surface area contributed by atoms with Gasteiger partial charge in [-0.2, -0.15) is 0 Å². The average molecular weight is 547 g/mol. The molecule has 1 aliphatic carbocycles. The molecule has 2 amide bonds. The van der Waals surface area contributed by atoms with E-state index in [9.17, 15) is 19.2 Å². The first-order valence-corrected chi connectivity index (χ1v) is 13.1. The summed E-state index contributed by atoms with van der Waals surface area (Å²) in [7, 11) is 0. The van der Waals surface area contributed by atoms with E-state index in [0.717, 1.165) is 22.3 Å². The van der Waals surface area contributed by atoms with Crippen LogP contribution in [-0.4, -0.2) is 41.8 Å². The number of para-hydroxylation sites is 1. The molecule has 0 aliphatic heterocycles. The number of ether oxygens (including phenoxy) is 2. The first-order valence-electron chi connectivity index (χ1n) is 12.6. The molecule has 0 spiro atoms. The Labute approximate surface area is 232 Å². The molecular formula is C30H30N2O6S. The largest absolute Gasteiger partial charge is 0.449 e. The Morgan fingerprint density at radius 2 is 1.38 bits per heavy atom. The number of carbonyl (C=O) groups is 4. The second kappa shape index (κ2) is 12.6. The van der Waals surface area contributed by atoms with Crippen molar-refractivity contribution < 1.29 is 28.7 Å². The lowest BCUT2D eigenvalue weighted by molar-refractivity contribution is -0.137. The Bertz CT molecular complexity index is 1310. The van der Waals surface area contributed by atoms with E-state index in [-0.39, 0.29) is 18.4 Å². The van der Waals surface area contributed by atoms with E-state index in [1.165, 1.54) is 0 Å². The van der Waals surface area contributed by atoms with Gasteiger partial charge in [-0.1, -0.05) is 80.6 Å². The second-order valence-corrected chi connectivity index (χ2v) is 10.0. The lowest BCUT2D eigenvalue weighted by Gasteiger charge is -2.23. The zero-order valence-electron chi connectivity index (χ0n) is 21.6. The van der Waals surface area contributed by atoms with Crippen LogP contribution < -0.4 is 15.4 Å². The van der Waals surface area contributed by atoms with Crippen LogP contribution >= 0.6 is 12.6 Å². The van der Waals surface area contributed by atoms with Crippen molar-refractivity contribution in [2.75, 3.05) is 6.61 Å². The van der Waals surface area contributed by atoms with Gasteiger partial charge in [0.1, 0.15) is 24.4 Å². The van der Waals surface area contributed by atoms with Gasteiger partial charge in [-0.25, -0.2) is 4.79 Å². The van der Waals surface area contributed by atoms with Crippen molar-refractivity contribution in [3.05, 3.63) is 90.0 Å². The number of benzene rings is 3. The van der Waals surface area contributed by atoms with Crippen LogP contribution in [0, 0.1) is 5.92 Å². The monoisotopic (exact) mass is 546 g/mol. The normalized spacial score (nSPS) is 13.5. The average Bonchev–Trinajstić information content (AvgIpc) is 3.24. The molecule has 202 valence electrons. The molecule has 9 heteroatoms. The Morgan fingerprint density at radius 1 is 0.821 bits per heavy atom. The number of carbonyl (C=O) groups excluding carboxylic acids is 4. The molecule has 4 rings (SSSR count). The number of fused-ring (bicyclic) bond motifs is 3. The molecule has 0 aromatic heterocycles. The minimum absolute atomic E-state index is 0.0341. The molecule has 1 aliphatic rings. The molecular weight excluding hydrogens is 516 g/mol. The molecule has 39 heavy (non-hydrogen) atoms. The number of amides is 2. The molecule has 2 atom stereocenters. The number of rotatable bonds is 10. The van der Waals surface area contributed by atoms with E-state index in [4.69, 9.17) is 9.47 Å². The van der Waals surface area contributed by atoms with Crippen molar-refractivity contribution in [1.82, 2.24) is 10.6 Å². The topological polar surface area (TPSA) is 111 Å². The summed E-state index contributed by atoms with van der Waals surface area (Å²) in [6.07, 6.45) is -1.35. The number of esters is 1. The first kappa shape index (κ1) is 27.9. The number of alkyl carbamates (subject to hydrolysis) is 1. The van der Waals surface area contributed by atoms with E-state index in [2.05, 4.69) is 23.3 Å². The lowest BCUT2D eigenvalue weighted by Crippen LogP contribution is -2.53. The maximum atomic E-state index is 13.1. The standard InChI is InChI=1S/C30H30N2O6S/c1-18(2)27(29(35)39)32-28(34)25(16-26(33)38-19-10-4-3-5-11-19)31-30(36)37-17-24-22-14-8-6-12-20(22)21-13-7-9-15-23(21)24/h3-15,18,24-25,27H,16-17H2,1-2H3,(H,31,36)(H,32,34)(H,35,39)/t25-,27-/m0/s1. The molecule has 3 aromatic rings. The highest BCUT2D eigenvalue weighted by Gasteiger charge is 2.32. The zero-order chi connectivity index (χ0) is 27.9. The maximum Gasteiger partial charge on any atom is 0.407 e. The van der Waals surface area contributed by atoms with Gasteiger partial charge in [0.2, 0.25) is 11.0 Å². The highest BCUT2D eigenvalue weighted by Crippen LogP contribution is 2.44. The molecule has 0 saturated heterocycles. The fraction of sp³-hybridized carbons (Fsp3) is 0.267. The van der Waals surface area contributed by atoms with Crippen LogP contribution in [0.5, 0.6) is 5.75 Å². The summed E-state index contributed by atoms with van der Waals surface area (Å²) >= 11 is 3.85. The third-order valence-electron chi connectivity index (χ3n) is 6.53. The maximum absolute atomic E-state index is 13.1. The molecule has 0 unspecified atom stereocenters. The molecule has 0 fully saturated rings. The smallest absolute Gasteiger partial charge is 0.407 e. The Balaban J connectivity index is 1.46. The fourth-order valence-corrected chi connectivity index (χ4v) is 4.95. The highest BCUT2D eigenvalue weighted by atomic mass is 32.1. The Morgan fingerprint density at radius 3 is 1.95 bits per heavy atom. The van der Waals surface area contributed by atoms with Gasteiger partial charge < -0.3 is 20.1 Å². The second-order valence-electron chi connectivity index (χ2n) is 9.58. The minimum Gasteiger partial charge on any atom is -0.449 e. The quantitative estimate of drug-likeness (QED) is 0.196. The minimum atomic E-state index is -1.34. The number of nitrogens with one attached hydrogen (secondary N) is 2. The summed E-state index contributed by atoms with van der Waals surface area (Å²) in [5.74, 6) is -1.60. The van der Waals surface area contributed by atoms with Crippen LogP contribution in [0.25, 0.3) is 11.1 Å². The lowest BCUT2D eigenvalue weighted by atomic mass is 9.98. The van der Waals surface area contributed by atoms with E-state index in [1.807, 2.05) is 48.5 Å². The molecule has 8 nitrogen and oxygen atoms in total. The van der Waals surface area contributed by atoms with Crippen molar-refractivity contribution in [3.8, 4) is 16.9 Å². The van der Waals surface area contributed by atoms with Crippen LogP contribution in [-0.2, 0) is 19.1 Å². The molecule has 0 radical (unpaired) electrons. The van der Waals surface area contributed by atoms with E-state index < -0.39 is 41.6 Å². The summed E-state index contributed by atoms with van der Waals surface area (Å²) in [5.41, 5.74) is 4.25. The number of hydrogen-bond acceptors (Lipinski definition) is 6. The van der Waals surface area contributed by atoms with Gasteiger partial charge in [0.05, 0.1) is 6.42 Å². The van der Waals surface area contributed by atoms with E-state index >= 15 is 0 Å². The summed E-state index contributed by atoms with van der Waals surface area (Å²) in [4.78, 5) is 50.5. The summed E-state index contributed by atoms with van der Waals surface area (Å²) in [6.45, 7) is 3.53. The van der Waals surface area contributed by atoms with Crippen LogP contribution in [0.2, 0.25) is 0 Å². The summed E-state index contributed by atoms with van der Waals surface area (Å²) in [5, 5.41) is 4.51. The molecule has 0 saturated carbocycles. The molecule has 0 heterocycles. The SMILES string of the molecule is CC(C)[C@H](NC(=O)[C@H](CC(=O)Oc1ccccc1)NC(=O)OCC1c2ccccc2-c2ccccc21)C(=O)S. The van der Waals surface area contributed by atoms with Gasteiger partial charge in [0, 0.05) is 5.92 Å².